The third-order valence-electron chi connectivity index (χ3n) is 3.51. The fourth-order valence-corrected chi connectivity index (χ4v) is 4.07. The Kier molecular flexibility index (Phi) is 3.96. The van der Waals surface area contributed by atoms with E-state index in [0.29, 0.717) is 5.16 Å². The molecule has 1 aliphatic rings. The molecule has 116 valence electrons. The molecule has 0 radical (unpaired) electrons. The van der Waals surface area contributed by atoms with Crippen LogP contribution in [0, 0.1) is 0 Å². The third-order valence-corrected chi connectivity index (χ3v) is 5.52. The number of hydrogen-bond acceptors (Lipinski definition) is 6. The highest BCUT2D eigenvalue weighted by Gasteiger charge is 2.20. The SMILES string of the molecule is CSc1cc2c(cc1Sc1nc(C(N)=O)c(N)n1C)CCO2. The fourth-order valence-electron chi connectivity index (χ4n) is 2.28. The number of nitrogens with zero attached hydrogens (tertiary/aromatic N) is 2. The first kappa shape index (κ1) is 15.1. The molecule has 0 unspecified atom stereocenters. The Labute approximate surface area is 136 Å². The lowest BCUT2D eigenvalue weighted by atomic mass is 10.2. The molecular weight excluding hydrogens is 320 g/mol. The molecule has 0 saturated carbocycles. The predicted molar refractivity (Wildman–Crippen MR) is 87.7 cm³/mol. The van der Waals surface area contributed by atoms with Crippen LogP contribution in [0.15, 0.2) is 27.1 Å². The average Bonchev–Trinajstić information content (AvgIpc) is 3.05. The molecule has 0 fully saturated rings. The van der Waals surface area contributed by atoms with Crippen molar-refractivity contribution in [1.29, 1.82) is 0 Å². The number of hydrogen-bond donors (Lipinski definition) is 2. The van der Waals surface area contributed by atoms with Crippen LogP contribution in [0.2, 0.25) is 0 Å². The van der Waals surface area contributed by atoms with Crippen molar-refractivity contribution in [1.82, 2.24) is 9.55 Å². The minimum atomic E-state index is -0.618. The van der Waals surface area contributed by atoms with Crippen LogP contribution in [0.4, 0.5) is 5.82 Å². The summed E-state index contributed by atoms with van der Waals surface area (Å²) in [6.07, 6.45) is 2.93. The Hall–Kier alpha value is -1.80. The van der Waals surface area contributed by atoms with Gasteiger partial charge in [-0.1, -0.05) is 11.8 Å². The van der Waals surface area contributed by atoms with Gasteiger partial charge in [0.2, 0.25) is 0 Å². The van der Waals surface area contributed by atoms with Crippen LogP contribution < -0.4 is 16.2 Å². The first-order valence-corrected chi connectivity index (χ1v) is 8.69. The molecule has 3 rings (SSSR count). The summed E-state index contributed by atoms with van der Waals surface area (Å²) in [7, 11) is 1.77. The summed E-state index contributed by atoms with van der Waals surface area (Å²) < 4.78 is 7.28. The van der Waals surface area contributed by atoms with Gasteiger partial charge >= 0.3 is 0 Å². The Morgan fingerprint density at radius 3 is 2.82 bits per heavy atom. The topological polar surface area (TPSA) is 96.2 Å². The number of rotatable bonds is 4. The van der Waals surface area contributed by atoms with Crippen molar-refractivity contribution >= 4 is 35.2 Å². The first-order chi connectivity index (χ1) is 10.5. The van der Waals surface area contributed by atoms with Gasteiger partial charge in [0.05, 0.1) is 6.61 Å². The minimum absolute atomic E-state index is 0.111. The van der Waals surface area contributed by atoms with E-state index in [4.69, 9.17) is 16.2 Å². The number of ether oxygens (including phenoxy) is 1. The van der Waals surface area contributed by atoms with E-state index in [1.54, 1.807) is 23.4 Å². The maximum Gasteiger partial charge on any atom is 0.271 e. The Balaban J connectivity index is 2.00. The van der Waals surface area contributed by atoms with Gasteiger partial charge in [-0.2, -0.15) is 0 Å². The number of imidazole rings is 1. The number of nitrogen functional groups attached to an aromatic ring is 1. The van der Waals surface area contributed by atoms with Crippen LogP contribution >= 0.6 is 23.5 Å². The maximum absolute atomic E-state index is 11.4. The van der Waals surface area contributed by atoms with Crippen molar-refractivity contribution in [2.24, 2.45) is 12.8 Å². The second-order valence-corrected chi connectivity index (χ2v) is 6.72. The van der Waals surface area contributed by atoms with Gasteiger partial charge in [-0.25, -0.2) is 4.98 Å². The van der Waals surface area contributed by atoms with Crippen LogP contribution in [0.1, 0.15) is 16.1 Å². The van der Waals surface area contributed by atoms with Gasteiger partial charge in [-0.3, -0.25) is 4.79 Å². The summed E-state index contributed by atoms with van der Waals surface area (Å²) >= 11 is 3.11. The van der Waals surface area contributed by atoms with Crippen LogP contribution in [0.3, 0.4) is 0 Å². The lowest BCUT2D eigenvalue weighted by Crippen LogP contribution is -2.14. The van der Waals surface area contributed by atoms with Crippen LogP contribution in [-0.4, -0.2) is 28.3 Å². The molecule has 6 nitrogen and oxygen atoms in total. The van der Waals surface area contributed by atoms with Crippen LogP contribution in [0.5, 0.6) is 5.75 Å². The Morgan fingerprint density at radius 1 is 1.41 bits per heavy atom. The Morgan fingerprint density at radius 2 is 2.18 bits per heavy atom. The van der Waals surface area contributed by atoms with Crippen molar-refractivity contribution in [2.45, 2.75) is 21.4 Å². The zero-order valence-electron chi connectivity index (χ0n) is 12.3. The molecule has 1 aromatic heterocycles. The number of nitrogens with two attached hydrogens (primary N) is 2. The summed E-state index contributed by atoms with van der Waals surface area (Å²) in [4.78, 5) is 17.8. The molecule has 0 atom stereocenters. The number of benzene rings is 1. The van der Waals surface area contributed by atoms with E-state index in [1.165, 1.54) is 17.3 Å². The van der Waals surface area contributed by atoms with Gasteiger partial charge < -0.3 is 20.8 Å². The van der Waals surface area contributed by atoms with Crippen molar-refractivity contribution in [3.05, 3.63) is 23.4 Å². The monoisotopic (exact) mass is 336 g/mol. The molecule has 2 heterocycles. The molecule has 1 aromatic carbocycles. The summed E-state index contributed by atoms with van der Waals surface area (Å²) in [6.45, 7) is 0.721. The lowest BCUT2D eigenvalue weighted by Gasteiger charge is -2.09. The second kappa shape index (κ2) is 5.77. The van der Waals surface area contributed by atoms with Crippen LogP contribution in [0.25, 0.3) is 0 Å². The number of primary amides is 1. The average molecular weight is 336 g/mol. The summed E-state index contributed by atoms with van der Waals surface area (Å²) in [5.74, 6) is 0.614. The summed E-state index contributed by atoms with van der Waals surface area (Å²) in [5.41, 5.74) is 12.5. The number of anilines is 1. The zero-order chi connectivity index (χ0) is 15.9. The quantitative estimate of drug-likeness (QED) is 0.828. The number of carbonyl (C=O) groups is 1. The van der Waals surface area contributed by atoms with E-state index in [-0.39, 0.29) is 11.5 Å². The molecule has 0 spiro atoms. The van der Waals surface area contributed by atoms with Gasteiger partial charge in [0.15, 0.2) is 10.9 Å². The molecule has 22 heavy (non-hydrogen) atoms. The summed E-state index contributed by atoms with van der Waals surface area (Å²) in [5, 5.41) is 0.639. The lowest BCUT2D eigenvalue weighted by molar-refractivity contribution is 0.0996. The van der Waals surface area contributed by atoms with Crippen LogP contribution in [-0.2, 0) is 13.5 Å². The van der Waals surface area contributed by atoms with E-state index in [0.717, 1.165) is 28.6 Å². The predicted octanol–water partition coefficient (Wildman–Crippen LogP) is 1.91. The normalized spacial score (nSPS) is 13.0. The molecule has 0 bridgehead atoms. The Bertz CT molecular complexity index is 758. The van der Waals surface area contributed by atoms with Gasteiger partial charge in [0.1, 0.15) is 11.6 Å². The number of amides is 1. The highest BCUT2D eigenvalue weighted by molar-refractivity contribution is 8.02. The minimum Gasteiger partial charge on any atom is -0.493 e. The third kappa shape index (κ3) is 2.52. The highest BCUT2D eigenvalue weighted by Crippen LogP contribution is 2.40. The maximum atomic E-state index is 11.4. The molecule has 0 aliphatic carbocycles. The molecule has 2 aromatic rings. The zero-order valence-corrected chi connectivity index (χ0v) is 13.9. The largest absolute Gasteiger partial charge is 0.493 e. The highest BCUT2D eigenvalue weighted by atomic mass is 32.2. The smallest absolute Gasteiger partial charge is 0.271 e. The number of carbonyl (C=O) groups excluding carboxylic acids is 1. The van der Waals surface area contributed by atoms with Crippen molar-refractivity contribution in [2.75, 3.05) is 18.6 Å². The molecule has 8 heteroatoms. The van der Waals surface area contributed by atoms with E-state index in [9.17, 15) is 4.79 Å². The van der Waals surface area contributed by atoms with E-state index in [1.807, 2.05) is 6.26 Å². The number of aromatic nitrogens is 2. The van der Waals surface area contributed by atoms with E-state index in [2.05, 4.69) is 17.1 Å². The molecule has 4 N–H and O–H groups in total. The van der Waals surface area contributed by atoms with E-state index < -0.39 is 5.91 Å². The first-order valence-electron chi connectivity index (χ1n) is 6.64. The van der Waals surface area contributed by atoms with Gasteiger partial charge in [0, 0.05) is 23.3 Å². The molecule has 1 aliphatic heterocycles. The molecule has 1 amide bonds. The van der Waals surface area contributed by atoms with Gasteiger partial charge in [-0.15, -0.1) is 11.8 Å². The van der Waals surface area contributed by atoms with Crippen molar-refractivity contribution in [3.63, 3.8) is 0 Å². The van der Waals surface area contributed by atoms with Gasteiger partial charge in [0.25, 0.3) is 5.91 Å². The van der Waals surface area contributed by atoms with Crippen molar-refractivity contribution in [3.8, 4) is 5.75 Å². The van der Waals surface area contributed by atoms with Gasteiger partial charge in [-0.05, 0) is 24.0 Å². The number of thioether (sulfide) groups is 1. The second-order valence-electron chi connectivity index (χ2n) is 4.86. The van der Waals surface area contributed by atoms with Crippen molar-refractivity contribution < 1.29 is 9.53 Å². The number of fused-ring (bicyclic) bond motifs is 1. The molecular formula is C14H16N4O2S2. The molecule has 0 saturated heterocycles. The van der Waals surface area contributed by atoms with E-state index >= 15 is 0 Å². The fraction of sp³-hybridized carbons (Fsp3) is 0.286. The summed E-state index contributed by atoms with van der Waals surface area (Å²) in [6, 6.07) is 4.17. The standard InChI is InChI=1S/C14H16N4O2S2/c1-18-12(15)11(13(16)19)17-14(18)22-10-5-7-3-4-20-8(7)6-9(10)21-2/h5-6H,3-4,15H2,1-2H3,(H2,16,19).